The average Bonchev–Trinajstić information content (AvgIpc) is 3.43. The number of anilines is 1. The molecule has 1 atom stereocenters. The Bertz CT molecular complexity index is 1280. The van der Waals surface area contributed by atoms with Crippen LogP contribution in [0.2, 0.25) is 5.02 Å². The molecule has 2 N–H and O–H groups in total. The first-order valence-corrected chi connectivity index (χ1v) is 11.9. The highest BCUT2D eigenvalue weighted by Gasteiger charge is 2.25. The zero-order valence-corrected chi connectivity index (χ0v) is 19.7. The third-order valence-electron chi connectivity index (χ3n) is 6.51. The van der Waals surface area contributed by atoms with Crippen molar-refractivity contribution >= 4 is 40.8 Å². The van der Waals surface area contributed by atoms with Crippen LogP contribution in [0, 0.1) is 0 Å². The number of halogens is 1. The van der Waals surface area contributed by atoms with E-state index in [0.717, 1.165) is 29.8 Å². The van der Waals surface area contributed by atoms with E-state index >= 15 is 0 Å². The van der Waals surface area contributed by atoms with Gasteiger partial charge < -0.3 is 20.0 Å². The number of fused-ring (bicyclic) bond motifs is 1. The third-order valence-corrected chi connectivity index (χ3v) is 6.74. The summed E-state index contributed by atoms with van der Waals surface area (Å²) in [5, 5.41) is 6.47. The lowest BCUT2D eigenvalue weighted by atomic mass is 10.0. The molecule has 0 spiro atoms. The number of likely N-dealkylation sites (tertiary alicyclic amines) is 1. The molecule has 0 saturated carbocycles. The van der Waals surface area contributed by atoms with Gasteiger partial charge in [0.2, 0.25) is 0 Å². The Morgan fingerprint density at radius 2 is 2.09 bits per heavy atom. The highest BCUT2D eigenvalue weighted by molar-refractivity contribution is 6.36. The van der Waals surface area contributed by atoms with E-state index in [1.807, 2.05) is 30.3 Å². The van der Waals surface area contributed by atoms with Gasteiger partial charge in [0.15, 0.2) is 0 Å². The summed E-state index contributed by atoms with van der Waals surface area (Å²) in [7, 11) is 2.11. The largest absolute Gasteiger partial charge is 0.457 e. The van der Waals surface area contributed by atoms with Gasteiger partial charge in [-0.05, 0) is 75.0 Å². The molecule has 2 amide bonds. The summed E-state index contributed by atoms with van der Waals surface area (Å²) in [4.78, 5) is 27.5. The normalized spacial score (nSPS) is 19.2. The Labute approximate surface area is 203 Å². The van der Waals surface area contributed by atoms with Crippen LogP contribution in [0.5, 0.6) is 0 Å². The van der Waals surface area contributed by atoms with Gasteiger partial charge in [-0.15, -0.1) is 0 Å². The maximum absolute atomic E-state index is 12.8. The van der Waals surface area contributed by atoms with Crippen molar-refractivity contribution < 1.29 is 14.0 Å². The van der Waals surface area contributed by atoms with E-state index in [4.69, 9.17) is 16.0 Å². The molecule has 7 heteroatoms. The first-order chi connectivity index (χ1) is 16.5. The molecule has 0 aliphatic carbocycles. The fourth-order valence-corrected chi connectivity index (χ4v) is 4.73. The second-order valence-corrected chi connectivity index (χ2v) is 9.26. The fraction of sp³-hybridized carbons (Fsp3) is 0.259. The molecular weight excluding hydrogens is 450 g/mol. The van der Waals surface area contributed by atoms with E-state index in [1.165, 1.54) is 12.8 Å². The lowest BCUT2D eigenvalue weighted by molar-refractivity contribution is -0.110. The number of carbonyl (C=O) groups is 2. The van der Waals surface area contributed by atoms with Gasteiger partial charge in [-0.3, -0.25) is 9.59 Å². The Morgan fingerprint density at radius 1 is 1.21 bits per heavy atom. The number of amides is 2. The van der Waals surface area contributed by atoms with E-state index in [2.05, 4.69) is 22.6 Å². The molecule has 1 aromatic heterocycles. The molecule has 0 bridgehead atoms. The van der Waals surface area contributed by atoms with E-state index in [0.29, 0.717) is 40.3 Å². The van der Waals surface area contributed by atoms with Crippen LogP contribution in [0.3, 0.4) is 0 Å². The minimum atomic E-state index is -0.197. The number of hydrogen-bond donors (Lipinski definition) is 2. The van der Waals surface area contributed by atoms with Crippen molar-refractivity contribution in [1.29, 1.82) is 0 Å². The first-order valence-electron chi connectivity index (χ1n) is 11.5. The standard InChI is InChI=1S/C27H26ClN3O3/c1-31-12-3-2-7-20(31)16-29-26(32)18-6-4-5-17(13-18)25-11-9-21(34-25)15-23-22-14-19(28)8-10-24(22)30-27(23)33/h4-6,8-11,13-15,20H,2-3,7,12,16H2,1H3,(H,29,32)(H,30,33)/b23-15+. The summed E-state index contributed by atoms with van der Waals surface area (Å²) in [6, 6.07) is 16.7. The van der Waals surface area contributed by atoms with Crippen LogP contribution < -0.4 is 10.6 Å². The van der Waals surface area contributed by atoms with Crippen molar-refractivity contribution in [3.05, 3.63) is 76.5 Å². The molecule has 34 heavy (non-hydrogen) atoms. The molecule has 6 nitrogen and oxygen atoms in total. The fourth-order valence-electron chi connectivity index (χ4n) is 4.56. The van der Waals surface area contributed by atoms with Crippen LogP contribution in [0.4, 0.5) is 5.69 Å². The van der Waals surface area contributed by atoms with E-state index in [9.17, 15) is 9.59 Å². The number of furan rings is 1. The number of piperidine rings is 1. The van der Waals surface area contributed by atoms with Crippen molar-refractivity contribution in [1.82, 2.24) is 10.2 Å². The molecule has 3 heterocycles. The maximum Gasteiger partial charge on any atom is 0.256 e. The lowest BCUT2D eigenvalue weighted by Crippen LogP contribution is -2.44. The monoisotopic (exact) mass is 475 g/mol. The molecule has 2 aliphatic heterocycles. The first kappa shape index (κ1) is 22.4. The van der Waals surface area contributed by atoms with Crippen LogP contribution in [-0.4, -0.2) is 42.9 Å². The summed E-state index contributed by atoms with van der Waals surface area (Å²) < 4.78 is 6.00. The van der Waals surface area contributed by atoms with Crippen LogP contribution in [0.15, 0.2) is 59.0 Å². The van der Waals surface area contributed by atoms with Crippen molar-refractivity contribution in [3.63, 3.8) is 0 Å². The number of benzene rings is 2. The second kappa shape index (κ2) is 9.49. The predicted molar refractivity (Wildman–Crippen MR) is 135 cm³/mol. The number of nitrogens with zero attached hydrogens (tertiary/aromatic N) is 1. The van der Waals surface area contributed by atoms with E-state index < -0.39 is 0 Å². The molecule has 1 unspecified atom stereocenters. The van der Waals surface area contributed by atoms with Crippen LogP contribution in [0.25, 0.3) is 23.0 Å². The van der Waals surface area contributed by atoms with E-state index in [1.54, 1.807) is 30.3 Å². The van der Waals surface area contributed by atoms with Gasteiger partial charge in [0.25, 0.3) is 11.8 Å². The van der Waals surface area contributed by atoms with Gasteiger partial charge in [0, 0.05) is 40.0 Å². The van der Waals surface area contributed by atoms with Gasteiger partial charge in [0.1, 0.15) is 11.5 Å². The Hall–Kier alpha value is -3.35. The minimum absolute atomic E-state index is 0.0918. The zero-order valence-electron chi connectivity index (χ0n) is 18.9. The Kier molecular flexibility index (Phi) is 6.26. The van der Waals surface area contributed by atoms with Gasteiger partial charge in [-0.1, -0.05) is 30.2 Å². The maximum atomic E-state index is 12.8. The highest BCUT2D eigenvalue weighted by atomic mass is 35.5. The van der Waals surface area contributed by atoms with Crippen molar-refractivity contribution in [3.8, 4) is 11.3 Å². The highest BCUT2D eigenvalue weighted by Crippen LogP contribution is 2.35. The molecule has 3 aromatic rings. The quantitative estimate of drug-likeness (QED) is 0.490. The van der Waals surface area contributed by atoms with Gasteiger partial charge >= 0.3 is 0 Å². The summed E-state index contributed by atoms with van der Waals surface area (Å²) in [6.45, 7) is 1.72. The second-order valence-electron chi connectivity index (χ2n) is 8.83. The number of likely N-dealkylation sites (N-methyl/N-ethyl adjacent to an activating group) is 1. The van der Waals surface area contributed by atoms with Crippen molar-refractivity contribution in [2.24, 2.45) is 0 Å². The van der Waals surface area contributed by atoms with E-state index in [-0.39, 0.29) is 11.8 Å². The van der Waals surface area contributed by atoms with Gasteiger partial charge in [-0.2, -0.15) is 0 Å². The molecule has 5 rings (SSSR count). The van der Waals surface area contributed by atoms with Gasteiger partial charge in [0.05, 0.1) is 5.57 Å². The summed E-state index contributed by atoms with van der Waals surface area (Å²) in [6.07, 6.45) is 5.24. The Balaban J connectivity index is 1.32. The number of hydrogen-bond acceptors (Lipinski definition) is 4. The lowest BCUT2D eigenvalue weighted by Gasteiger charge is -2.32. The molecular formula is C27H26ClN3O3. The number of carbonyl (C=O) groups excluding carboxylic acids is 2. The SMILES string of the molecule is CN1CCCCC1CNC(=O)c1cccc(-c2ccc(/C=C3/C(=O)Nc4ccc(Cl)cc43)o2)c1. The van der Waals surface area contributed by atoms with Gasteiger partial charge in [-0.25, -0.2) is 0 Å². The minimum Gasteiger partial charge on any atom is -0.457 e. The third kappa shape index (κ3) is 4.65. The van der Waals surface area contributed by atoms with Crippen LogP contribution >= 0.6 is 11.6 Å². The smallest absolute Gasteiger partial charge is 0.256 e. The molecule has 0 radical (unpaired) electrons. The molecule has 2 aliphatic rings. The number of nitrogens with one attached hydrogen (secondary N) is 2. The predicted octanol–water partition coefficient (Wildman–Crippen LogP) is 5.31. The number of rotatable bonds is 5. The molecule has 1 saturated heterocycles. The topological polar surface area (TPSA) is 74.6 Å². The zero-order chi connectivity index (χ0) is 23.7. The summed E-state index contributed by atoms with van der Waals surface area (Å²) >= 11 is 6.11. The average molecular weight is 476 g/mol. The molecule has 2 aromatic carbocycles. The molecule has 174 valence electrons. The van der Waals surface area contributed by atoms with Crippen molar-refractivity contribution in [2.75, 3.05) is 25.5 Å². The summed E-state index contributed by atoms with van der Waals surface area (Å²) in [5.41, 5.74) is 3.36. The Morgan fingerprint density at radius 3 is 2.94 bits per heavy atom. The van der Waals surface area contributed by atoms with Crippen molar-refractivity contribution in [2.45, 2.75) is 25.3 Å². The molecule has 1 fully saturated rings. The van der Waals surface area contributed by atoms with Crippen LogP contribution in [0.1, 0.15) is 40.9 Å². The summed E-state index contributed by atoms with van der Waals surface area (Å²) in [5.74, 6) is 0.879. The van der Waals surface area contributed by atoms with Crippen LogP contribution in [-0.2, 0) is 4.79 Å².